The van der Waals surface area contributed by atoms with Crippen molar-refractivity contribution in [3.63, 3.8) is 0 Å². The van der Waals surface area contributed by atoms with Gasteiger partial charge in [0.15, 0.2) is 0 Å². The van der Waals surface area contributed by atoms with Gasteiger partial charge in [0.2, 0.25) is 5.91 Å². The molecule has 0 N–H and O–H groups in total. The number of rotatable bonds is 3. The summed E-state index contributed by atoms with van der Waals surface area (Å²) in [5.74, 6) is 0.680. The molecule has 2 heterocycles. The molecule has 0 atom stereocenters. The summed E-state index contributed by atoms with van der Waals surface area (Å²) in [5, 5.41) is 2.68. The fourth-order valence-corrected chi connectivity index (χ4v) is 3.65. The van der Waals surface area contributed by atoms with Crippen LogP contribution in [0.1, 0.15) is 18.4 Å². The molecule has 0 saturated carbocycles. The van der Waals surface area contributed by atoms with Crippen molar-refractivity contribution in [1.82, 2.24) is 9.88 Å². The molecule has 0 spiro atoms. The minimum Gasteiger partial charge on any atom is -0.342 e. The molecule has 0 unspecified atom stereocenters. The SMILES string of the molecule is Cc1cc(SCC(=O)N2CCCC2)nc2ccc(Cl)cc12. The third-order valence-corrected chi connectivity index (χ3v) is 4.89. The molecular weight excluding hydrogens is 304 g/mol. The van der Waals surface area contributed by atoms with E-state index in [0.717, 1.165) is 52.4 Å². The first-order valence-electron chi connectivity index (χ1n) is 7.11. The molecular formula is C16H17ClN2OS. The highest BCUT2D eigenvalue weighted by atomic mass is 35.5. The average molecular weight is 321 g/mol. The first-order valence-corrected chi connectivity index (χ1v) is 8.47. The van der Waals surface area contributed by atoms with Gasteiger partial charge in [-0.2, -0.15) is 0 Å². The normalized spacial score (nSPS) is 14.9. The zero-order valence-corrected chi connectivity index (χ0v) is 13.5. The summed E-state index contributed by atoms with van der Waals surface area (Å²) in [6.45, 7) is 3.86. The minimum atomic E-state index is 0.216. The predicted molar refractivity (Wildman–Crippen MR) is 88.0 cm³/mol. The zero-order chi connectivity index (χ0) is 14.8. The number of halogens is 1. The summed E-state index contributed by atoms with van der Waals surface area (Å²) in [4.78, 5) is 18.6. The first kappa shape index (κ1) is 14.7. The Hall–Kier alpha value is -1.26. The number of likely N-dealkylation sites (tertiary alicyclic amines) is 1. The van der Waals surface area contributed by atoms with Crippen molar-refractivity contribution >= 4 is 40.2 Å². The molecule has 3 nitrogen and oxygen atoms in total. The van der Waals surface area contributed by atoms with Crippen LogP contribution in [-0.2, 0) is 4.79 Å². The lowest BCUT2D eigenvalue weighted by atomic mass is 10.1. The zero-order valence-electron chi connectivity index (χ0n) is 11.9. The highest BCUT2D eigenvalue weighted by molar-refractivity contribution is 7.99. The molecule has 0 radical (unpaired) electrons. The third kappa shape index (κ3) is 3.33. The Morgan fingerprint density at radius 3 is 2.86 bits per heavy atom. The van der Waals surface area contributed by atoms with Crippen LogP contribution in [0.5, 0.6) is 0 Å². The first-order chi connectivity index (χ1) is 10.1. The van der Waals surface area contributed by atoms with Crippen LogP contribution in [0.15, 0.2) is 29.3 Å². The number of aryl methyl sites for hydroxylation is 1. The average Bonchev–Trinajstić information content (AvgIpc) is 3.00. The van der Waals surface area contributed by atoms with Crippen LogP contribution in [0.3, 0.4) is 0 Å². The van der Waals surface area contributed by atoms with E-state index in [0.29, 0.717) is 5.75 Å². The number of carbonyl (C=O) groups is 1. The number of amides is 1. The van der Waals surface area contributed by atoms with Gasteiger partial charge in [0, 0.05) is 23.5 Å². The molecule has 3 rings (SSSR count). The van der Waals surface area contributed by atoms with Gasteiger partial charge in [-0.3, -0.25) is 4.79 Å². The Morgan fingerprint density at radius 1 is 1.33 bits per heavy atom. The monoisotopic (exact) mass is 320 g/mol. The van der Waals surface area contributed by atoms with Crippen LogP contribution in [0.4, 0.5) is 0 Å². The van der Waals surface area contributed by atoms with E-state index in [1.165, 1.54) is 11.8 Å². The molecule has 1 aromatic carbocycles. The van der Waals surface area contributed by atoms with E-state index in [1.54, 1.807) is 0 Å². The van der Waals surface area contributed by atoms with Crippen molar-refractivity contribution in [3.8, 4) is 0 Å². The number of pyridine rings is 1. The molecule has 2 aromatic rings. The fraction of sp³-hybridized carbons (Fsp3) is 0.375. The molecule has 110 valence electrons. The minimum absolute atomic E-state index is 0.216. The summed E-state index contributed by atoms with van der Waals surface area (Å²) < 4.78 is 0. The lowest BCUT2D eigenvalue weighted by molar-refractivity contribution is -0.127. The Kier molecular flexibility index (Phi) is 4.36. The number of hydrogen-bond donors (Lipinski definition) is 0. The van der Waals surface area contributed by atoms with E-state index in [2.05, 4.69) is 4.98 Å². The Balaban J connectivity index is 1.75. The smallest absolute Gasteiger partial charge is 0.232 e. The van der Waals surface area contributed by atoms with E-state index in [-0.39, 0.29) is 5.91 Å². The lowest BCUT2D eigenvalue weighted by Gasteiger charge is -2.14. The van der Waals surface area contributed by atoms with Gasteiger partial charge in [0.05, 0.1) is 16.3 Å². The maximum atomic E-state index is 12.1. The molecule has 1 aliphatic rings. The number of carbonyl (C=O) groups excluding carboxylic acids is 1. The summed E-state index contributed by atoms with van der Waals surface area (Å²) in [6, 6.07) is 7.74. The van der Waals surface area contributed by atoms with E-state index in [1.807, 2.05) is 36.1 Å². The second kappa shape index (κ2) is 6.24. The van der Waals surface area contributed by atoms with E-state index >= 15 is 0 Å². The van der Waals surface area contributed by atoms with Crippen molar-refractivity contribution < 1.29 is 4.79 Å². The van der Waals surface area contributed by atoms with Crippen LogP contribution in [0.25, 0.3) is 10.9 Å². The summed E-state index contributed by atoms with van der Waals surface area (Å²) in [6.07, 6.45) is 2.26. The molecule has 5 heteroatoms. The quantitative estimate of drug-likeness (QED) is 0.804. The highest BCUT2D eigenvalue weighted by Crippen LogP contribution is 2.26. The number of aromatic nitrogens is 1. The van der Waals surface area contributed by atoms with Gasteiger partial charge in [-0.1, -0.05) is 23.4 Å². The predicted octanol–water partition coefficient (Wildman–Crippen LogP) is 3.91. The number of benzene rings is 1. The van der Waals surface area contributed by atoms with Crippen molar-refractivity contribution in [1.29, 1.82) is 0 Å². The molecule has 1 aliphatic heterocycles. The molecule has 1 aromatic heterocycles. The van der Waals surface area contributed by atoms with Crippen molar-refractivity contribution in [3.05, 3.63) is 34.9 Å². The van der Waals surface area contributed by atoms with E-state index in [4.69, 9.17) is 11.6 Å². The highest BCUT2D eigenvalue weighted by Gasteiger charge is 2.18. The largest absolute Gasteiger partial charge is 0.342 e. The second-order valence-corrected chi connectivity index (χ2v) is 6.75. The van der Waals surface area contributed by atoms with E-state index in [9.17, 15) is 4.79 Å². The molecule has 0 aliphatic carbocycles. The Labute approximate surface area is 133 Å². The van der Waals surface area contributed by atoms with Gasteiger partial charge in [-0.05, 0) is 49.6 Å². The van der Waals surface area contributed by atoms with Gasteiger partial charge >= 0.3 is 0 Å². The van der Waals surface area contributed by atoms with Crippen LogP contribution in [-0.4, -0.2) is 34.6 Å². The summed E-state index contributed by atoms with van der Waals surface area (Å²) in [7, 11) is 0. The Morgan fingerprint density at radius 2 is 2.10 bits per heavy atom. The standard InChI is InChI=1S/C16H17ClN2OS/c1-11-8-15(18-14-5-4-12(17)9-13(11)14)21-10-16(20)19-6-2-3-7-19/h4-5,8-9H,2-3,6-7,10H2,1H3. The molecule has 21 heavy (non-hydrogen) atoms. The molecule has 0 bridgehead atoms. The van der Waals surface area contributed by atoms with Crippen LogP contribution in [0.2, 0.25) is 5.02 Å². The van der Waals surface area contributed by atoms with Crippen LogP contribution >= 0.6 is 23.4 Å². The molecule has 1 fully saturated rings. The lowest BCUT2D eigenvalue weighted by Crippen LogP contribution is -2.29. The number of hydrogen-bond acceptors (Lipinski definition) is 3. The van der Waals surface area contributed by atoms with Gasteiger partial charge in [0.25, 0.3) is 0 Å². The van der Waals surface area contributed by atoms with Crippen molar-refractivity contribution in [2.45, 2.75) is 24.8 Å². The van der Waals surface area contributed by atoms with Gasteiger partial charge < -0.3 is 4.90 Å². The number of thioether (sulfide) groups is 1. The fourth-order valence-electron chi connectivity index (χ4n) is 2.60. The van der Waals surface area contributed by atoms with Gasteiger partial charge in [0.1, 0.15) is 0 Å². The van der Waals surface area contributed by atoms with Crippen molar-refractivity contribution in [2.24, 2.45) is 0 Å². The Bertz CT molecular complexity index is 683. The van der Waals surface area contributed by atoms with Gasteiger partial charge in [-0.25, -0.2) is 4.98 Å². The third-order valence-electron chi connectivity index (χ3n) is 3.76. The maximum Gasteiger partial charge on any atom is 0.232 e. The van der Waals surface area contributed by atoms with E-state index < -0.39 is 0 Å². The van der Waals surface area contributed by atoms with Crippen LogP contribution < -0.4 is 0 Å². The summed E-state index contributed by atoms with van der Waals surface area (Å²) >= 11 is 7.54. The molecule has 1 amide bonds. The number of nitrogens with zero attached hydrogens (tertiary/aromatic N) is 2. The second-order valence-electron chi connectivity index (χ2n) is 5.32. The maximum absolute atomic E-state index is 12.1. The van der Waals surface area contributed by atoms with Crippen molar-refractivity contribution in [2.75, 3.05) is 18.8 Å². The molecule has 1 saturated heterocycles. The van der Waals surface area contributed by atoms with Gasteiger partial charge in [-0.15, -0.1) is 0 Å². The summed E-state index contributed by atoms with van der Waals surface area (Å²) in [5.41, 5.74) is 2.06. The topological polar surface area (TPSA) is 33.2 Å². The number of fused-ring (bicyclic) bond motifs is 1. The van der Waals surface area contributed by atoms with Crippen LogP contribution in [0, 0.1) is 6.92 Å².